The van der Waals surface area contributed by atoms with E-state index >= 15 is 0 Å². The Bertz CT molecular complexity index is 718. The molecule has 3 rings (SSSR count). The molecule has 0 fully saturated rings. The van der Waals surface area contributed by atoms with Gasteiger partial charge in [-0.05, 0) is 49.6 Å². The molecule has 0 spiro atoms. The number of ether oxygens (including phenoxy) is 1. The molecule has 1 aliphatic rings. The van der Waals surface area contributed by atoms with Gasteiger partial charge in [-0.2, -0.15) is 0 Å². The molecule has 0 amide bonds. The summed E-state index contributed by atoms with van der Waals surface area (Å²) in [6.07, 6.45) is 8.91. The van der Waals surface area contributed by atoms with Gasteiger partial charge < -0.3 is 4.74 Å². The van der Waals surface area contributed by atoms with Crippen LogP contribution in [-0.2, 0) is 17.6 Å². The number of carbonyl (C=O) groups is 1. The molecule has 0 aromatic heterocycles. The largest absolute Gasteiger partial charge is 0.465 e. The van der Waals surface area contributed by atoms with Gasteiger partial charge in [0.15, 0.2) is 0 Å². The normalized spacial score (nSPS) is 15.4. The first-order chi connectivity index (χ1) is 12.2. The Morgan fingerprint density at radius 3 is 2.44 bits per heavy atom. The Kier molecular flexibility index (Phi) is 7.25. The van der Waals surface area contributed by atoms with Gasteiger partial charge in [0, 0.05) is 6.04 Å². The van der Waals surface area contributed by atoms with Crippen LogP contribution in [0.4, 0.5) is 0 Å². The number of aryl methyl sites for hydroxylation is 1. The molecule has 0 N–H and O–H groups in total. The van der Waals surface area contributed by atoms with Crippen LogP contribution in [0.15, 0.2) is 54.6 Å². The molecule has 1 aliphatic carbocycles. The minimum Gasteiger partial charge on any atom is -0.465 e. The average Bonchev–Trinajstić information content (AvgIpc) is 2.68. The van der Waals surface area contributed by atoms with Gasteiger partial charge in [0.05, 0.1) is 19.2 Å². The van der Waals surface area contributed by atoms with E-state index in [1.165, 1.54) is 31.1 Å². The van der Waals surface area contributed by atoms with Crippen LogP contribution in [0, 0.1) is 12.3 Å². The van der Waals surface area contributed by atoms with Crippen molar-refractivity contribution in [2.24, 2.45) is 0 Å². The number of rotatable bonds is 3. The monoisotopic (exact) mass is 335 g/mol. The number of esters is 1. The Morgan fingerprint density at radius 1 is 1.16 bits per heavy atom. The van der Waals surface area contributed by atoms with Crippen LogP contribution in [-0.4, -0.2) is 37.6 Å². The smallest absolute Gasteiger partial charge is 0.337 e. The molecule has 0 radical (unpaired) electrons. The van der Waals surface area contributed by atoms with Crippen LogP contribution in [0.1, 0.15) is 27.9 Å². The van der Waals surface area contributed by atoms with Crippen LogP contribution in [0.5, 0.6) is 0 Å². The lowest BCUT2D eigenvalue weighted by Gasteiger charge is -2.31. The molecule has 1 unspecified atom stereocenters. The van der Waals surface area contributed by atoms with Gasteiger partial charge in [0.25, 0.3) is 0 Å². The predicted octanol–water partition coefficient (Wildman–Crippen LogP) is 3.58. The summed E-state index contributed by atoms with van der Waals surface area (Å²) in [6.45, 7) is 0.757. The van der Waals surface area contributed by atoms with Gasteiger partial charge in [-0.1, -0.05) is 48.4 Å². The summed E-state index contributed by atoms with van der Waals surface area (Å²) in [5.41, 5.74) is 3.60. The first kappa shape index (κ1) is 18.8. The molecule has 0 bridgehead atoms. The van der Waals surface area contributed by atoms with Crippen molar-refractivity contribution in [2.75, 3.05) is 20.7 Å². The van der Waals surface area contributed by atoms with E-state index in [4.69, 9.17) is 6.42 Å². The van der Waals surface area contributed by atoms with Crippen LogP contribution in [0.25, 0.3) is 0 Å². The van der Waals surface area contributed by atoms with Crippen LogP contribution in [0.2, 0.25) is 0 Å². The van der Waals surface area contributed by atoms with Crippen molar-refractivity contribution in [3.8, 4) is 12.3 Å². The highest BCUT2D eigenvalue weighted by atomic mass is 16.5. The lowest BCUT2D eigenvalue weighted by atomic mass is 9.88. The number of benzene rings is 2. The van der Waals surface area contributed by atoms with E-state index in [9.17, 15) is 4.79 Å². The van der Waals surface area contributed by atoms with E-state index in [-0.39, 0.29) is 5.97 Å². The van der Waals surface area contributed by atoms with Gasteiger partial charge >= 0.3 is 5.97 Å². The lowest BCUT2D eigenvalue weighted by Crippen LogP contribution is -2.36. The highest BCUT2D eigenvalue weighted by molar-refractivity contribution is 5.89. The highest BCUT2D eigenvalue weighted by Gasteiger charge is 2.20. The van der Waals surface area contributed by atoms with Gasteiger partial charge in [-0.15, -0.1) is 6.42 Å². The summed E-state index contributed by atoms with van der Waals surface area (Å²) in [5.74, 6) is 2.42. The topological polar surface area (TPSA) is 29.5 Å². The van der Waals surface area contributed by atoms with E-state index < -0.39 is 0 Å². The number of methoxy groups -OCH3 is 1. The highest BCUT2D eigenvalue weighted by Crippen LogP contribution is 2.23. The molecular weight excluding hydrogens is 310 g/mol. The summed E-state index contributed by atoms with van der Waals surface area (Å²) >= 11 is 0. The number of fused-ring (bicyclic) bond motifs is 1. The summed E-state index contributed by atoms with van der Waals surface area (Å²) in [6, 6.07) is 18.2. The molecule has 1 atom stereocenters. The van der Waals surface area contributed by atoms with Crippen molar-refractivity contribution in [1.29, 1.82) is 0 Å². The summed E-state index contributed by atoms with van der Waals surface area (Å²) in [7, 11) is 3.49. The van der Waals surface area contributed by atoms with E-state index in [2.05, 4.69) is 46.9 Å². The summed E-state index contributed by atoms with van der Waals surface area (Å²) < 4.78 is 4.50. The number of nitrogens with zero attached hydrogens (tertiary/aromatic N) is 1. The fourth-order valence-corrected chi connectivity index (χ4v) is 3.02. The maximum atomic E-state index is 10.8. The first-order valence-electron chi connectivity index (χ1n) is 8.49. The van der Waals surface area contributed by atoms with Crippen molar-refractivity contribution in [3.05, 3.63) is 71.3 Å². The van der Waals surface area contributed by atoms with Gasteiger partial charge in [-0.3, -0.25) is 4.90 Å². The number of terminal acetylenes is 1. The van der Waals surface area contributed by atoms with Gasteiger partial charge in [-0.25, -0.2) is 4.79 Å². The zero-order chi connectivity index (χ0) is 18.1. The molecule has 0 aliphatic heterocycles. The van der Waals surface area contributed by atoms with Gasteiger partial charge in [0.1, 0.15) is 0 Å². The van der Waals surface area contributed by atoms with Gasteiger partial charge in [0.2, 0.25) is 0 Å². The second-order valence-corrected chi connectivity index (χ2v) is 6.14. The fraction of sp³-hybridized carbons (Fsp3) is 0.318. The zero-order valence-electron chi connectivity index (χ0n) is 14.9. The molecule has 130 valence electrons. The van der Waals surface area contributed by atoms with Crippen LogP contribution in [0.3, 0.4) is 0 Å². The minimum absolute atomic E-state index is 0.291. The van der Waals surface area contributed by atoms with E-state index in [1.807, 2.05) is 6.07 Å². The molecule has 2 aromatic carbocycles. The molecular formula is C22H25NO2. The third-order valence-corrected chi connectivity index (χ3v) is 4.48. The van der Waals surface area contributed by atoms with Crippen molar-refractivity contribution in [1.82, 2.24) is 4.90 Å². The Balaban J connectivity index is 0.000000196. The minimum atomic E-state index is -0.291. The third kappa shape index (κ3) is 5.48. The van der Waals surface area contributed by atoms with E-state index in [0.29, 0.717) is 11.6 Å². The maximum Gasteiger partial charge on any atom is 0.337 e. The van der Waals surface area contributed by atoms with E-state index in [0.717, 1.165) is 13.0 Å². The fourth-order valence-electron chi connectivity index (χ4n) is 3.02. The number of hydrogen-bond donors (Lipinski definition) is 0. The van der Waals surface area contributed by atoms with Crippen molar-refractivity contribution in [2.45, 2.75) is 25.3 Å². The standard InChI is InChI=1S/C14H17N.C8H8O2/c1-3-10-15(2)14-9-8-12-6-4-5-7-13(12)11-14;1-10-8(9)7-5-3-2-4-6-7/h1,4-7,14H,8-11H2,2H3;2-6H,1H3. The molecule has 0 heterocycles. The zero-order valence-corrected chi connectivity index (χ0v) is 14.9. The molecule has 25 heavy (non-hydrogen) atoms. The second kappa shape index (κ2) is 9.66. The Labute approximate surface area is 150 Å². The number of likely N-dealkylation sites (N-methyl/N-ethyl adjacent to an activating group) is 1. The number of hydrogen-bond acceptors (Lipinski definition) is 3. The molecule has 0 saturated carbocycles. The summed E-state index contributed by atoms with van der Waals surface area (Å²) in [5, 5.41) is 0. The lowest BCUT2D eigenvalue weighted by molar-refractivity contribution is 0.0600. The molecule has 0 saturated heterocycles. The van der Waals surface area contributed by atoms with Crippen LogP contribution >= 0.6 is 0 Å². The second-order valence-electron chi connectivity index (χ2n) is 6.14. The molecule has 3 nitrogen and oxygen atoms in total. The molecule has 2 aromatic rings. The average molecular weight is 335 g/mol. The first-order valence-corrected chi connectivity index (χ1v) is 8.49. The maximum absolute atomic E-state index is 10.8. The Hall–Kier alpha value is -2.57. The van der Waals surface area contributed by atoms with Crippen LogP contribution < -0.4 is 0 Å². The van der Waals surface area contributed by atoms with E-state index in [1.54, 1.807) is 24.3 Å². The van der Waals surface area contributed by atoms with Crippen molar-refractivity contribution in [3.63, 3.8) is 0 Å². The predicted molar refractivity (Wildman–Crippen MR) is 101 cm³/mol. The van der Waals surface area contributed by atoms with Crippen molar-refractivity contribution < 1.29 is 9.53 Å². The SMILES string of the molecule is C#CCN(C)C1CCc2ccccc2C1.COC(=O)c1ccccc1. The Morgan fingerprint density at radius 2 is 1.80 bits per heavy atom. The molecule has 3 heteroatoms. The quantitative estimate of drug-likeness (QED) is 0.634. The number of carbonyl (C=O) groups excluding carboxylic acids is 1. The third-order valence-electron chi connectivity index (χ3n) is 4.48. The summed E-state index contributed by atoms with van der Waals surface area (Å²) in [4.78, 5) is 13.1. The van der Waals surface area contributed by atoms with Crippen molar-refractivity contribution >= 4 is 5.97 Å².